The molecular formula is C12H21N5. The van der Waals surface area contributed by atoms with Gasteiger partial charge in [0.25, 0.3) is 0 Å². The van der Waals surface area contributed by atoms with Gasteiger partial charge in [-0.25, -0.2) is 9.67 Å². The minimum absolute atomic E-state index is 0.367. The maximum atomic E-state index is 6.03. The lowest BCUT2D eigenvalue weighted by Crippen LogP contribution is -2.12. The van der Waals surface area contributed by atoms with Gasteiger partial charge >= 0.3 is 0 Å². The van der Waals surface area contributed by atoms with Crippen LogP contribution in [0.5, 0.6) is 0 Å². The molecule has 2 heterocycles. The quantitative estimate of drug-likeness (QED) is 0.885. The van der Waals surface area contributed by atoms with Crippen LogP contribution in [0.25, 0.3) is 11.2 Å². The van der Waals surface area contributed by atoms with Gasteiger partial charge in [0.1, 0.15) is 5.52 Å². The Morgan fingerprint density at radius 1 is 1.35 bits per heavy atom. The van der Waals surface area contributed by atoms with E-state index in [1.807, 2.05) is 11.6 Å². The van der Waals surface area contributed by atoms with E-state index in [9.17, 15) is 0 Å². The van der Waals surface area contributed by atoms with Crippen LogP contribution >= 0.6 is 0 Å². The first-order valence-electron chi connectivity index (χ1n) is 6.30. The predicted molar refractivity (Wildman–Crippen MR) is 70.0 cm³/mol. The van der Waals surface area contributed by atoms with Gasteiger partial charge in [-0.05, 0) is 27.2 Å². The zero-order valence-corrected chi connectivity index (χ0v) is 11.1. The fourth-order valence-corrected chi connectivity index (χ4v) is 2.41. The van der Waals surface area contributed by atoms with Crippen LogP contribution in [0.4, 0.5) is 5.95 Å². The van der Waals surface area contributed by atoms with Crippen LogP contribution in [0.1, 0.15) is 45.3 Å². The Hall–Kier alpha value is -1.52. The Morgan fingerprint density at radius 2 is 2.06 bits per heavy atom. The van der Waals surface area contributed by atoms with Crippen molar-refractivity contribution >= 4 is 17.1 Å². The highest BCUT2D eigenvalue weighted by Crippen LogP contribution is 2.27. The molecule has 2 N–H and O–H groups in total. The molecule has 2 aromatic rings. The van der Waals surface area contributed by atoms with E-state index >= 15 is 0 Å². The van der Waals surface area contributed by atoms with Gasteiger partial charge < -0.3 is 5.73 Å². The molecule has 5 nitrogen and oxygen atoms in total. The minimum Gasteiger partial charge on any atom is -0.369 e. The summed E-state index contributed by atoms with van der Waals surface area (Å²) in [5, 5.41) is 4.49. The molecule has 5 heteroatoms. The van der Waals surface area contributed by atoms with E-state index in [0.29, 0.717) is 12.0 Å². The van der Waals surface area contributed by atoms with Crippen LogP contribution in [0.15, 0.2) is 0 Å². The predicted octanol–water partition coefficient (Wildman–Crippen LogP) is 2.50. The molecule has 0 aliphatic rings. The number of anilines is 1. The van der Waals surface area contributed by atoms with Gasteiger partial charge in [0.2, 0.25) is 5.95 Å². The van der Waals surface area contributed by atoms with Crippen LogP contribution in [-0.2, 0) is 6.54 Å². The van der Waals surface area contributed by atoms with E-state index in [1.165, 1.54) is 0 Å². The Balaban J connectivity index is 2.64. The van der Waals surface area contributed by atoms with Gasteiger partial charge in [0.15, 0.2) is 5.65 Å². The van der Waals surface area contributed by atoms with Gasteiger partial charge in [-0.2, -0.15) is 5.10 Å². The van der Waals surface area contributed by atoms with E-state index in [1.54, 1.807) is 0 Å². The van der Waals surface area contributed by atoms with Crippen molar-refractivity contribution in [1.82, 2.24) is 19.3 Å². The third kappa shape index (κ3) is 1.79. The molecule has 17 heavy (non-hydrogen) atoms. The molecule has 0 radical (unpaired) electrons. The summed E-state index contributed by atoms with van der Waals surface area (Å²) in [7, 11) is 0. The maximum absolute atomic E-state index is 6.03. The first-order chi connectivity index (χ1) is 8.10. The topological polar surface area (TPSA) is 61.7 Å². The van der Waals surface area contributed by atoms with Crippen molar-refractivity contribution in [3.63, 3.8) is 0 Å². The fraction of sp³-hybridized carbons (Fsp3) is 0.667. The van der Waals surface area contributed by atoms with Crippen LogP contribution in [0.2, 0.25) is 0 Å². The summed E-state index contributed by atoms with van der Waals surface area (Å²) in [6.07, 6.45) is 2.24. The molecule has 0 bridgehead atoms. The number of fused-ring (bicyclic) bond motifs is 1. The van der Waals surface area contributed by atoms with Crippen LogP contribution < -0.4 is 5.73 Å². The summed E-state index contributed by atoms with van der Waals surface area (Å²) in [6, 6.07) is 0.367. The number of hydrogen-bond donors (Lipinski definition) is 1. The lowest BCUT2D eigenvalue weighted by molar-refractivity contribution is 0.504. The average Bonchev–Trinajstić information content (AvgIpc) is 2.76. The Morgan fingerprint density at radius 3 is 2.65 bits per heavy atom. The summed E-state index contributed by atoms with van der Waals surface area (Å²) in [6.45, 7) is 9.28. The molecule has 94 valence electrons. The number of imidazole rings is 1. The van der Waals surface area contributed by atoms with Crippen molar-refractivity contribution in [2.75, 3.05) is 5.73 Å². The molecule has 0 aliphatic heterocycles. The van der Waals surface area contributed by atoms with Crippen molar-refractivity contribution in [2.24, 2.45) is 0 Å². The standard InChI is InChI=1S/C12H21N5/c1-5-7-8(3)17-11-10(14-12(17)13)9(4)15-16(11)6-2/h8H,5-7H2,1-4H3,(H2,13,14). The van der Waals surface area contributed by atoms with Crippen LogP contribution in [0.3, 0.4) is 0 Å². The lowest BCUT2D eigenvalue weighted by atomic mass is 10.2. The summed E-state index contributed by atoms with van der Waals surface area (Å²) < 4.78 is 4.10. The highest BCUT2D eigenvalue weighted by molar-refractivity contribution is 5.77. The first-order valence-corrected chi connectivity index (χ1v) is 6.30. The molecule has 0 saturated heterocycles. The molecule has 2 rings (SSSR count). The third-order valence-electron chi connectivity index (χ3n) is 3.22. The molecule has 0 spiro atoms. The Labute approximate surface area is 102 Å². The van der Waals surface area contributed by atoms with E-state index in [0.717, 1.165) is 36.2 Å². The van der Waals surface area contributed by atoms with Crippen molar-refractivity contribution in [3.05, 3.63) is 5.69 Å². The van der Waals surface area contributed by atoms with Crippen LogP contribution in [-0.4, -0.2) is 19.3 Å². The average molecular weight is 235 g/mol. The number of aryl methyl sites for hydroxylation is 2. The second kappa shape index (κ2) is 4.39. The first kappa shape index (κ1) is 12.0. The highest BCUT2D eigenvalue weighted by Gasteiger charge is 2.19. The van der Waals surface area contributed by atoms with Gasteiger partial charge in [-0.3, -0.25) is 4.57 Å². The van der Waals surface area contributed by atoms with Gasteiger partial charge in [-0.15, -0.1) is 0 Å². The highest BCUT2D eigenvalue weighted by atomic mass is 15.4. The second-order valence-electron chi connectivity index (χ2n) is 4.55. The SMILES string of the molecule is CCCC(C)n1c(N)nc2c(C)nn(CC)c21. The third-order valence-corrected chi connectivity index (χ3v) is 3.22. The number of rotatable bonds is 4. The summed E-state index contributed by atoms with van der Waals surface area (Å²) in [4.78, 5) is 4.44. The molecule has 2 aromatic heterocycles. The molecule has 0 aromatic carbocycles. The number of nitrogens with two attached hydrogens (primary N) is 1. The van der Waals surface area contributed by atoms with E-state index in [-0.39, 0.29) is 0 Å². The largest absolute Gasteiger partial charge is 0.369 e. The molecule has 0 aliphatic carbocycles. The minimum atomic E-state index is 0.367. The summed E-state index contributed by atoms with van der Waals surface area (Å²) in [5.41, 5.74) is 8.98. The van der Waals surface area contributed by atoms with E-state index in [4.69, 9.17) is 5.73 Å². The van der Waals surface area contributed by atoms with Crippen molar-refractivity contribution in [2.45, 2.75) is 53.1 Å². The molecule has 0 saturated carbocycles. The number of nitrogens with zero attached hydrogens (tertiary/aromatic N) is 4. The molecule has 0 amide bonds. The normalized spacial score (nSPS) is 13.4. The zero-order valence-electron chi connectivity index (χ0n) is 11.1. The number of nitrogen functional groups attached to an aromatic ring is 1. The van der Waals surface area contributed by atoms with E-state index < -0.39 is 0 Å². The second-order valence-corrected chi connectivity index (χ2v) is 4.55. The Kier molecular flexibility index (Phi) is 3.09. The van der Waals surface area contributed by atoms with Gasteiger partial charge in [0.05, 0.1) is 5.69 Å². The Bertz CT molecular complexity index is 522. The fourth-order valence-electron chi connectivity index (χ4n) is 2.41. The smallest absolute Gasteiger partial charge is 0.202 e. The molecular weight excluding hydrogens is 214 g/mol. The van der Waals surface area contributed by atoms with Crippen molar-refractivity contribution in [1.29, 1.82) is 0 Å². The van der Waals surface area contributed by atoms with Crippen molar-refractivity contribution in [3.8, 4) is 0 Å². The van der Waals surface area contributed by atoms with Crippen molar-refractivity contribution < 1.29 is 0 Å². The maximum Gasteiger partial charge on any atom is 0.202 e. The monoisotopic (exact) mass is 235 g/mol. The lowest BCUT2D eigenvalue weighted by Gasteiger charge is -2.15. The number of aromatic nitrogens is 4. The zero-order chi connectivity index (χ0) is 12.6. The number of hydrogen-bond acceptors (Lipinski definition) is 3. The van der Waals surface area contributed by atoms with Gasteiger partial charge in [-0.1, -0.05) is 13.3 Å². The molecule has 1 unspecified atom stereocenters. The van der Waals surface area contributed by atoms with E-state index in [2.05, 4.69) is 35.4 Å². The molecule has 0 fully saturated rings. The summed E-state index contributed by atoms with van der Waals surface area (Å²) >= 11 is 0. The summed E-state index contributed by atoms with van der Waals surface area (Å²) in [5.74, 6) is 0.601. The molecule has 1 atom stereocenters. The van der Waals surface area contributed by atoms with Gasteiger partial charge in [0, 0.05) is 12.6 Å². The van der Waals surface area contributed by atoms with Crippen LogP contribution in [0, 0.1) is 6.92 Å².